The highest BCUT2D eigenvalue weighted by Crippen LogP contribution is 2.24. The van der Waals surface area contributed by atoms with Crippen LogP contribution in [0.2, 0.25) is 5.15 Å². The van der Waals surface area contributed by atoms with E-state index in [2.05, 4.69) is 31.8 Å². The highest BCUT2D eigenvalue weighted by molar-refractivity contribution is 6.30. The van der Waals surface area contributed by atoms with Gasteiger partial charge in [-0.15, -0.1) is 0 Å². The Kier molecular flexibility index (Phi) is 2.73. The Labute approximate surface area is 78.8 Å². The molecule has 0 aliphatic rings. The van der Waals surface area contributed by atoms with Crippen LogP contribution in [-0.2, 0) is 0 Å². The molecule has 0 saturated carbocycles. The van der Waals surface area contributed by atoms with Crippen LogP contribution in [0.1, 0.15) is 36.6 Å². The van der Waals surface area contributed by atoms with Gasteiger partial charge in [-0.3, -0.25) is 0 Å². The highest BCUT2D eigenvalue weighted by Gasteiger charge is 2.07. The lowest BCUT2D eigenvalue weighted by Crippen LogP contribution is -1.96. The highest BCUT2D eigenvalue weighted by atomic mass is 35.5. The second-order valence-electron chi connectivity index (χ2n) is 3.43. The average Bonchev–Trinajstić information content (AvgIpc) is 1.96. The maximum Gasteiger partial charge on any atom is 0.132 e. The van der Waals surface area contributed by atoms with E-state index in [4.69, 9.17) is 11.6 Å². The van der Waals surface area contributed by atoms with Gasteiger partial charge in [-0.1, -0.05) is 31.5 Å². The van der Waals surface area contributed by atoms with E-state index in [-0.39, 0.29) is 0 Å². The summed E-state index contributed by atoms with van der Waals surface area (Å²) in [5.74, 6) is 0.448. The van der Waals surface area contributed by atoms with E-state index in [0.29, 0.717) is 11.1 Å². The predicted octanol–water partition coefficient (Wildman–Crippen LogP) is 3.48. The van der Waals surface area contributed by atoms with E-state index < -0.39 is 0 Å². The van der Waals surface area contributed by atoms with Crippen molar-refractivity contribution in [1.29, 1.82) is 0 Å². The summed E-state index contributed by atoms with van der Waals surface area (Å²) in [6.45, 7) is 8.28. The molecule has 0 atom stereocenters. The van der Waals surface area contributed by atoms with Gasteiger partial charge < -0.3 is 0 Å². The van der Waals surface area contributed by atoms with E-state index in [1.54, 1.807) is 0 Å². The fraction of sp³-hybridized carbons (Fsp3) is 0.500. The number of hydrogen-bond acceptors (Lipinski definition) is 1. The first-order valence-electron chi connectivity index (χ1n) is 4.16. The van der Waals surface area contributed by atoms with Gasteiger partial charge in [-0.05, 0) is 30.9 Å². The zero-order chi connectivity index (χ0) is 9.30. The van der Waals surface area contributed by atoms with Gasteiger partial charge in [0.2, 0.25) is 0 Å². The minimum Gasteiger partial charge on any atom is -0.241 e. The molecular weight excluding hydrogens is 170 g/mol. The molecule has 66 valence electrons. The van der Waals surface area contributed by atoms with Crippen LogP contribution in [-0.4, -0.2) is 4.98 Å². The van der Waals surface area contributed by atoms with Crippen molar-refractivity contribution in [2.24, 2.45) is 0 Å². The molecule has 0 fully saturated rings. The summed E-state index contributed by atoms with van der Waals surface area (Å²) >= 11 is 5.99. The molecule has 0 saturated heterocycles. The minimum absolute atomic E-state index is 0.448. The first-order valence-corrected chi connectivity index (χ1v) is 4.53. The van der Waals surface area contributed by atoms with Crippen LogP contribution in [0.5, 0.6) is 0 Å². The van der Waals surface area contributed by atoms with Crippen LogP contribution >= 0.6 is 11.6 Å². The number of halogens is 1. The van der Waals surface area contributed by atoms with Gasteiger partial charge in [0.25, 0.3) is 0 Å². The van der Waals surface area contributed by atoms with Crippen LogP contribution in [0.3, 0.4) is 0 Å². The molecule has 0 N–H and O–H groups in total. The molecule has 1 nitrogen and oxygen atoms in total. The lowest BCUT2D eigenvalue weighted by Gasteiger charge is -2.09. The van der Waals surface area contributed by atoms with Crippen molar-refractivity contribution >= 4 is 11.6 Å². The summed E-state index contributed by atoms with van der Waals surface area (Å²) in [7, 11) is 0. The Morgan fingerprint density at radius 1 is 1.33 bits per heavy atom. The summed E-state index contributed by atoms with van der Waals surface area (Å²) in [6, 6.07) is 2.12. The number of hydrogen-bond donors (Lipinski definition) is 0. The number of aromatic nitrogens is 1. The van der Waals surface area contributed by atoms with Crippen LogP contribution in [0.25, 0.3) is 0 Å². The van der Waals surface area contributed by atoms with Crippen molar-refractivity contribution < 1.29 is 0 Å². The molecule has 2 heteroatoms. The van der Waals surface area contributed by atoms with Crippen molar-refractivity contribution in [2.45, 2.75) is 33.6 Å². The van der Waals surface area contributed by atoms with E-state index in [1.165, 1.54) is 5.56 Å². The molecule has 1 aromatic heterocycles. The summed E-state index contributed by atoms with van der Waals surface area (Å²) in [4.78, 5) is 4.26. The minimum atomic E-state index is 0.448. The Bertz CT molecular complexity index is 292. The SMILES string of the molecule is Cc1cc(C(C)C)c(Cl)nc1C. The standard InChI is InChI=1S/C10H14ClN/c1-6(2)9-5-7(3)8(4)12-10(9)11/h5-6H,1-4H3. The van der Waals surface area contributed by atoms with Crippen molar-refractivity contribution in [3.05, 3.63) is 28.0 Å². The first-order chi connectivity index (χ1) is 5.52. The maximum atomic E-state index is 5.99. The van der Waals surface area contributed by atoms with E-state index in [9.17, 15) is 0 Å². The molecule has 0 spiro atoms. The normalized spacial score (nSPS) is 10.8. The van der Waals surface area contributed by atoms with Crippen molar-refractivity contribution in [3.63, 3.8) is 0 Å². The molecule has 0 bridgehead atoms. The maximum absolute atomic E-state index is 5.99. The molecule has 0 aliphatic heterocycles. The number of nitrogens with zero attached hydrogens (tertiary/aromatic N) is 1. The molecule has 0 unspecified atom stereocenters. The van der Waals surface area contributed by atoms with E-state index in [1.807, 2.05) is 6.92 Å². The molecule has 1 rings (SSSR count). The predicted molar refractivity (Wildman–Crippen MR) is 52.8 cm³/mol. The molecule has 0 radical (unpaired) electrons. The largest absolute Gasteiger partial charge is 0.241 e. The zero-order valence-corrected chi connectivity index (χ0v) is 8.74. The second-order valence-corrected chi connectivity index (χ2v) is 3.78. The molecule has 0 amide bonds. The third kappa shape index (κ3) is 1.78. The Morgan fingerprint density at radius 2 is 1.92 bits per heavy atom. The van der Waals surface area contributed by atoms with Gasteiger partial charge in [-0.25, -0.2) is 4.98 Å². The van der Waals surface area contributed by atoms with Gasteiger partial charge in [0.05, 0.1) is 0 Å². The van der Waals surface area contributed by atoms with Crippen LogP contribution < -0.4 is 0 Å². The number of rotatable bonds is 1. The number of aryl methyl sites for hydroxylation is 2. The smallest absolute Gasteiger partial charge is 0.132 e. The zero-order valence-electron chi connectivity index (χ0n) is 7.98. The third-order valence-corrected chi connectivity index (χ3v) is 2.37. The lowest BCUT2D eigenvalue weighted by atomic mass is 10.0. The summed E-state index contributed by atoms with van der Waals surface area (Å²) in [5, 5.41) is 0.646. The van der Waals surface area contributed by atoms with Crippen molar-refractivity contribution in [1.82, 2.24) is 4.98 Å². The van der Waals surface area contributed by atoms with Gasteiger partial charge >= 0.3 is 0 Å². The molecule has 12 heavy (non-hydrogen) atoms. The monoisotopic (exact) mass is 183 g/mol. The topological polar surface area (TPSA) is 12.9 Å². The molecule has 1 heterocycles. The number of pyridine rings is 1. The Morgan fingerprint density at radius 3 is 2.42 bits per heavy atom. The van der Waals surface area contributed by atoms with Crippen molar-refractivity contribution in [3.8, 4) is 0 Å². The molecular formula is C10H14ClN. The van der Waals surface area contributed by atoms with E-state index in [0.717, 1.165) is 11.3 Å². The molecule has 0 aromatic carbocycles. The average molecular weight is 184 g/mol. The molecule has 0 aliphatic carbocycles. The first kappa shape index (κ1) is 9.53. The Hall–Kier alpha value is -0.560. The third-order valence-electron chi connectivity index (χ3n) is 2.07. The lowest BCUT2D eigenvalue weighted by molar-refractivity contribution is 0.852. The van der Waals surface area contributed by atoms with Gasteiger partial charge in [0.1, 0.15) is 5.15 Å². The Balaban J connectivity index is 3.23. The fourth-order valence-electron chi connectivity index (χ4n) is 1.10. The van der Waals surface area contributed by atoms with Gasteiger partial charge in [0.15, 0.2) is 0 Å². The quantitative estimate of drug-likeness (QED) is 0.608. The summed E-state index contributed by atoms with van der Waals surface area (Å²) in [5.41, 5.74) is 3.37. The fourth-order valence-corrected chi connectivity index (χ4v) is 1.50. The van der Waals surface area contributed by atoms with Crippen molar-refractivity contribution in [2.75, 3.05) is 0 Å². The molecule has 1 aromatic rings. The van der Waals surface area contributed by atoms with Crippen LogP contribution in [0.15, 0.2) is 6.07 Å². The van der Waals surface area contributed by atoms with Crippen LogP contribution in [0, 0.1) is 13.8 Å². The van der Waals surface area contributed by atoms with Crippen LogP contribution in [0.4, 0.5) is 0 Å². The van der Waals surface area contributed by atoms with E-state index >= 15 is 0 Å². The second kappa shape index (κ2) is 3.44. The summed E-state index contributed by atoms with van der Waals surface area (Å²) in [6.07, 6.45) is 0. The summed E-state index contributed by atoms with van der Waals surface area (Å²) < 4.78 is 0. The van der Waals surface area contributed by atoms with Gasteiger partial charge in [-0.2, -0.15) is 0 Å². The van der Waals surface area contributed by atoms with Gasteiger partial charge in [0, 0.05) is 5.69 Å².